The maximum Gasteiger partial charge on any atom is 0.255 e. The Morgan fingerprint density at radius 3 is 2.56 bits per heavy atom. The number of halogens is 2. The summed E-state index contributed by atoms with van der Waals surface area (Å²) in [5, 5.41) is 14.3. The number of anilines is 1. The molecule has 1 aromatic heterocycles. The molecule has 0 spiro atoms. The number of sulfone groups is 1. The van der Waals surface area contributed by atoms with Gasteiger partial charge in [-0.25, -0.2) is 8.42 Å². The van der Waals surface area contributed by atoms with Gasteiger partial charge in [-0.05, 0) is 74.8 Å². The molecule has 0 bridgehead atoms. The Kier molecular flexibility index (Phi) is 8.52. The molecule has 10 nitrogen and oxygen atoms in total. The Morgan fingerprint density at radius 2 is 1.79 bits per heavy atom. The van der Waals surface area contributed by atoms with Crippen molar-refractivity contribution in [3.63, 3.8) is 0 Å². The van der Waals surface area contributed by atoms with E-state index >= 15 is 0 Å². The Morgan fingerprint density at radius 1 is 1.00 bits per heavy atom. The topological polar surface area (TPSA) is 109 Å². The number of fused-ring (bicyclic) bond motifs is 1. The number of ether oxygens (including phenoxy) is 1. The second-order valence-corrected chi connectivity index (χ2v) is 13.6. The van der Waals surface area contributed by atoms with Crippen LogP contribution in [-0.2, 0) is 14.6 Å². The van der Waals surface area contributed by atoms with Crippen LogP contribution in [0, 0.1) is 0 Å². The SMILES string of the molecule is CN1CCN(n2ncc3cc(S(=O)(=O)c4cc(Cl)cc(Cl)c4)ccc32)C(NC(=O)c2ccccc2NC2CCCCO2)C1. The molecule has 2 aliphatic rings. The molecule has 1 amide bonds. The van der Waals surface area contributed by atoms with E-state index in [4.69, 9.17) is 27.9 Å². The van der Waals surface area contributed by atoms with Gasteiger partial charge in [-0.1, -0.05) is 35.3 Å². The van der Waals surface area contributed by atoms with Crippen LogP contribution in [0.4, 0.5) is 5.69 Å². The van der Waals surface area contributed by atoms with Gasteiger partial charge in [0.1, 0.15) is 12.4 Å². The molecule has 2 atom stereocenters. The smallest absolute Gasteiger partial charge is 0.255 e. The van der Waals surface area contributed by atoms with Crippen LogP contribution in [0.1, 0.15) is 29.6 Å². The second-order valence-electron chi connectivity index (χ2n) is 10.8. The van der Waals surface area contributed by atoms with Gasteiger partial charge in [-0.15, -0.1) is 0 Å². The summed E-state index contributed by atoms with van der Waals surface area (Å²) in [5.41, 5.74) is 1.97. The lowest BCUT2D eigenvalue weighted by Crippen LogP contribution is -2.63. The molecular weight excluding hydrogens is 611 g/mol. The van der Waals surface area contributed by atoms with E-state index in [0.717, 1.165) is 31.5 Å². The number of para-hydroxylation sites is 1. The highest BCUT2D eigenvalue weighted by molar-refractivity contribution is 7.91. The lowest BCUT2D eigenvalue weighted by atomic mass is 10.1. The van der Waals surface area contributed by atoms with Crippen molar-refractivity contribution in [1.29, 1.82) is 0 Å². The van der Waals surface area contributed by atoms with E-state index < -0.39 is 16.0 Å². The number of hydrogen-bond donors (Lipinski definition) is 2. The van der Waals surface area contributed by atoms with Gasteiger partial charge in [-0.3, -0.25) is 9.80 Å². The first-order valence-electron chi connectivity index (χ1n) is 14.1. The first kappa shape index (κ1) is 29.7. The standard InChI is InChI=1S/C30H32Cl2N6O4S/c1-36-11-12-37(28(19-36)35-30(39)25-6-2-3-7-26(25)34-29-8-4-5-13-42-29)38-27-10-9-23(14-20(27)18-33-38)43(40,41)24-16-21(31)15-22(32)17-24/h2-3,6-7,9-10,14-18,28-29,34H,4-5,8,11-13,19H2,1H3,(H,35,39). The molecule has 0 aliphatic carbocycles. The van der Waals surface area contributed by atoms with Gasteiger partial charge in [0, 0.05) is 40.8 Å². The van der Waals surface area contributed by atoms with Crippen LogP contribution in [0.3, 0.4) is 0 Å². The summed E-state index contributed by atoms with van der Waals surface area (Å²) in [4.78, 5) is 17.6. The second kappa shape index (κ2) is 12.3. The van der Waals surface area contributed by atoms with E-state index in [9.17, 15) is 13.2 Å². The van der Waals surface area contributed by atoms with Gasteiger partial charge >= 0.3 is 0 Å². The van der Waals surface area contributed by atoms with Crippen LogP contribution in [0.25, 0.3) is 10.9 Å². The molecule has 3 aromatic carbocycles. The summed E-state index contributed by atoms with van der Waals surface area (Å²) in [6, 6.07) is 16.5. The highest BCUT2D eigenvalue weighted by atomic mass is 35.5. The molecule has 3 heterocycles. The third-order valence-electron chi connectivity index (χ3n) is 7.74. The molecule has 6 rings (SSSR count). The molecule has 226 valence electrons. The van der Waals surface area contributed by atoms with E-state index in [1.807, 2.05) is 30.3 Å². The minimum Gasteiger partial charge on any atom is -0.359 e. The van der Waals surface area contributed by atoms with E-state index in [1.54, 1.807) is 35.3 Å². The molecule has 2 saturated heterocycles. The average molecular weight is 644 g/mol. The predicted octanol–water partition coefficient (Wildman–Crippen LogP) is 4.75. The predicted molar refractivity (Wildman–Crippen MR) is 167 cm³/mol. The minimum atomic E-state index is -3.87. The van der Waals surface area contributed by atoms with Crippen molar-refractivity contribution in [2.75, 3.05) is 43.6 Å². The van der Waals surface area contributed by atoms with Crippen LogP contribution < -0.4 is 15.6 Å². The molecule has 2 unspecified atom stereocenters. The van der Waals surface area contributed by atoms with Crippen molar-refractivity contribution in [3.8, 4) is 0 Å². The number of aromatic nitrogens is 2. The van der Waals surface area contributed by atoms with Gasteiger partial charge in [0.2, 0.25) is 9.84 Å². The maximum atomic E-state index is 13.6. The summed E-state index contributed by atoms with van der Waals surface area (Å²) in [5.74, 6) is -0.214. The molecule has 2 N–H and O–H groups in total. The summed E-state index contributed by atoms with van der Waals surface area (Å²) in [6.07, 6.45) is 4.11. The van der Waals surface area contributed by atoms with Gasteiger partial charge < -0.3 is 20.3 Å². The quantitative estimate of drug-likeness (QED) is 0.297. The highest BCUT2D eigenvalue weighted by Gasteiger charge is 2.30. The van der Waals surface area contributed by atoms with Crippen molar-refractivity contribution in [2.45, 2.75) is 41.4 Å². The van der Waals surface area contributed by atoms with Crippen molar-refractivity contribution in [2.24, 2.45) is 0 Å². The Labute approximate surface area is 260 Å². The summed E-state index contributed by atoms with van der Waals surface area (Å²) in [6.45, 7) is 2.62. The molecule has 4 aromatic rings. The number of amides is 1. The molecule has 2 aliphatic heterocycles. The fourth-order valence-corrected chi connectivity index (χ4v) is 7.53. The fraction of sp³-hybridized carbons (Fsp3) is 0.333. The summed E-state index contributed by atoms with van der Waals surface area (Å²) in [7, 11) is -1.86. The molecule has 0 saturated carbocycles. The largest absolute Gasteiger partial charge is 0.359 e. The van der Waals surface area contributed by atoms with Crippen molar-refractivity contribution < 1.29 is 17.9 Å². The number of carbonyl (C=O) groups is 1. The van der Waals surface area contributed by atoms with Crippen LogP contribution >= 0.6 is 23.2 Å². The monoisotopic (exact) mass is 642 g/mol. The molecule has 2 fully saturated rings. The fourth-order valence-electron chi connectivity index (χ4n) is 5.51. The van der Waals surface area contributed by atoms with E-state index in [2.05, 4.69) is 20.6 Å². The third kappa shape index (κ3) is 6.32. The molecule has 0 radical (unpaired) electrons. The van der Waals surface area contributed by atoms with E-state index in [1.165, 1.54) is 18.2 Å². The highest BCUT2D eigenvalue weighted by Crippen LogP contribution is 2.29. The zero-order chi connectivity index (χ0) is 30.1. The van der Waals surface area contributed by atoms with Crippen molar-refractivity contribution in [1.82, 2.24) is 20.1 Å². The van der Waals surface area contributed by atoms with Gasteiger partial charge in [0.05, 0.1) is 33.6 Å². The van der Waals surface area contributed by atoms with Gasteiger partial charge in [0.15, 0.2) is 0 Å². The first-order valence-corrected chi connectivity index (χ1v) is 16.4. The Balaban J connectivity index is 1.26. The zero-order valence-corrected chi connectivity index (χ0v) is 25.9. The van der Waals surface area contributed by atoms with Crippen LogP contribution in [0.15, 0.2) is 76.7 Å². The molecule has 13 heteroatoms. The lowest BCUT2D eigenvalue weighted by molar-refractivity contribution is 0.0343. The average Bonchev–Trinajstić information content (AvgIpc) is 3.41. The van der Waals surface area contributed by atoms with Crippen molar-refractivity contribution >= 4 is 55.5 Å². The third-order valence-corrected chi connectivity index (χ3v) is 9.91. The Bertz CT molecular complexity index is 1740. The zero-order valence-electron chi connectivity index (χ0n) is 23.5. The normalized spacial score (nSPS) is 19.8. The summed E-state index contributed by atoms with van der Waals surface area (Å²) < 4.78 is 32.6. The van der Waals surface area contributed by atoms with E-state index in [-0.39, 0.29) is 32.0 Å². The number of benzene rings is 3. The van der Waals surface area contributed by atoms with Gasteiger partial charge in [-0.2, -0.15) is 9.89 Å². The molecular formula is C30H32Cl2N6O4S. The lowest BCUT2D eigenvalue weighted by Gasteiger charge is -2.41. The van der Waals surface area contributed by atoms with E-state index in [0.29, 0.717) is 36.2 Å². The maximum absolute atomic E-state index is 13.6. The number of rotatable bonds is 7. The van der Waals surface area contributed by atoms with Crippen LogP contribution in [-0.4, -0.2) is 74.8 Å². The number of nitrogens with one attached hydrogen (secondary N) is 2. The number of piperazine rings is 1. The number of hydrogen-bond acceptors (Lipinski definition) is 8. The van der Waals surface area contributed by atoms with Crippen molar-refractivity contribution in [3.05, 3.63) is 82.5 Å². The Hall–Kier alpha value is -3.35. The first-order chi connectivity index (χ1) is 20.7. The summed E-state index contributed by atoms with van der Waals surface area (Å²) >= 11 is 12.1. The number of nitrogens with zero attached hydrogens (tertiary/aromatic N) is 4. The van der Waals surface area contributed by atoms with Crippen LogP contribution in [0.5, 0.6) is 0 Å². The molecule has 43 heavy (non-hydrogen) atoms. The number of likely N-dealkylation sites (N-methyl/N-ethyl adjacent to an activating group) is 1. The van der Waals surface area contributed by atoms with Crippen LogP contribution in [0.2, 0.25) is 10.0 Å². The minimum absolute atomic E-state index is 0.0170. The number of carbonyl (C=O) groups excluding carboxylic acids is 1. The van der Waals surface area contributed by atoms with Gasteiger partial charge in [0.25, 0.3) is 5.91 Å².